The highest BCUT2D eigenvalue weighted by Gasteiger charge is 2.24. The Morgan fingerprint density at radius 1 is 1.45 bits per heavy atom. The maximum absolute atomic E-state index is 11.9. The molecule has 0 bridgehead atoms. The van der Waals surface area contributed by atoms with Crippen molar-refractivity contribution in [2.24, 2.45) is 11.8 Å². The smallest absolute Gasteiger partial charge is 0.345 e. The topological polar surface area (TPSA) is 75.3 Å². The molecule has 0 unspecified atom stereocenters. The fourth-order valence-electron chi connectivity index (χ4n) is 2.74. The first-order chi connectivity index (χ1) is 9.51. The van der Waals surface area contributed by atoms with Crippen LogP contribution in [-0.4, -0.2) is 35.6 Å². The third-order valence-electron chi connectivity index (χ3n) is 3.45. The molecule has 1 aliphatic heterocycles. The Hall–Kier alpha value is -1.85. The quantitative estimate of drug-likeness (QED) is 0.847. The van der Waals surface area contributed by atoms with Gasteiger partial charge in [0.25, 0.3) is 5.56 Å². The molecular weight excluding hydrogens is 258 g/mol. The largest absolute Gasteiger partial charge is 0.462 e. The molecule has 2 rings (SSSR count). The lowest BCUT2D eigenvalue weighted by Crippen LogP contribution is -2.40. The highest BCUT2D eigenvalue weighted by molar-refractivity contribution is 5.88. The summed E-state index contributed by atoms with van der Waals surface area (Å²) < 4.78 is 4.82. The van der Waals surface area contributed by atoms with Gasteiger partial charge in [-0.15, -0.1) is 0 Å². The van der Waals surface area contributed by atoms with E-state index in [0.29, 0.717) is 17.8 Å². The molecule has 0 aliphatic carbocycles. The van der Waals surface area contributed by atoms with Crippen molar-refractivity contribution in [3.8, 4) is 0 Å². The van der Waals surface area contributed by atoms with E-state index in [2.05, 4.69) is 28.7 Å². The van der Waals surface area contributed by atoms with Crippen molar-refractivity contribution in [2.75, 3.05) is 24.6 Å². The zero-order valence-electron chi connectivity index (χ0n) is 12.2. The first-order valence-corrected chi connectivity index (χ1v) is 7.02. The van der Waals surface area contributed by atoms with E-state index >= 15 is 0 Å². The van der Waals surface area contributed by atoms with Crippen molar-refractivity contribution in [3.63, 3.8) is 0 Å². The van der Waals surface area contributed by atoms with E-state index in [1.807, 2.05) is 0 Å². The number of ether oxygens (including phenoxy) is 1. The van der Waals surface area contributed by atoms with E-state index in [1.54, 1.807) is 6.92 Å². The van der Waals surface area contributed by atoms with Crippen LogP contribution in [0.1, 0.15) is 37.6 Å². The molecular formula is C14H21N3O3. The maximum Gasteiger partial charge on any atom is 0.345 e. The van der Waals surface area contributed by atoms with E-state index < -0.39 is 11.5 Å². The van der Waals surface area contributed by atoms with Gasteiger partial charge in [-0.2, -0.15) is 0 Å². The number of carbonyl (C=O) groups is 1. The molecule has 0 amide bonds. The van der Waals surface area contributed by atoms with E-state index in [4.69, 9.17) is 4.74 Å². The SMILES string of the molecule is CCOC(=O)c1cnc(N2C[C@H](C)C[C@@H](C)C2)[nH]c1=O. The first-order valence-electron chi connectivity index (χ1n) is 7.02. The molecule has 1 aromatic heterocycles. The number of piperidine rings is 1. The van der Waals surface area contributed by atoms with E-state index in [0.717, 1.165) is 13.1 Å². The molecule has 1 fully saturated rings. The fourth-order valence-corrected chi connectivity index (χ4v) is 2.74. The molecule has 2 heterocycles. The van der Waals surface area contributed by atoms with Crippen LogP contribution in [0.5, 0.6) is 0 Å². The van der Waals surface area contributed by atoms with E-state index in [1.165, 1.54) is 12.6 Å². The van der Waals surface area contributed by atoms with Gasteiger partial charge in [-0.25, -0.2) is 9.78 Å². The van der Waals surface area contributed by atoms with Crippen molar-refractivity contribution >= 4 is 11.9 Å². The minimum Gasteiger partial charge on any atom is -0.462 e. The Kier molecular flexibility index (Phi) is 4.42. The Bertz CT molecular complexity index is 531. The molecule has 1 N–H and O–H groups in total. The molecule has 0 spiro atoms. The summed E-state index contributed by atoms with van der Waals surface area (Å²) in [6.45, 7) is 8.05. The van der Waals surface area contributed by atoms with Crippen LogP contribution < -0.4 is 10.5 Å². The average molecular weight is 279 g/mol. The van der Waals surface area contributed by atoms with Crippen molar-refractivity contribution in [1.82, 2.24) is 9.97 Å². The Labute approximate surface area is 118 Å². The van der Waals surface area contributed by atoms with Gasteiger partial charge in [0.2, 0.25) is 5.95 Å². The summed E-state index contributed by atoms with van der Waals surface area (Å²) in [4.78, 5) is 32.5. The molecule has 1 aromatic rings. The summed E-state index contributed by atoms with van der Waals surface area (Å²) in [5.41, 5.74) is -0.493. The molecule has 2 atom stereocenters. The number of aromatic nitrogens is 2. The van der Waals surface area contributed by atoms with Gasteiger partial charge >= 0.3 is 5.97 Å². The van der Waals surface area contributed by atoms with Crippen molar-refractivity contribution in [3.05, 3.63) is 22.1 Å². The standard InChI is InChI=1S/C14H21N3O3/c1-4-20-13(19)11-6-15-14(16-12(11)18)17-7-9(2)5-10(3)8-17/h6,9-10H,4-5,7-8H2,1-3H3,(H,15,16,18)/t9-,10-/m1/s1. The summed E-state index contributed by atoms with van der Waals surface area (Å²) in [5, 5.41) is 0. The van der Waals surface area contributed by atoms with Crippen LogP contribution in [0.4, 0.5) is 5.95 Å². The lowest BCUT2D eigenvalue weighted by Gasteiger charge is -2.35. The lowest BCUT2D eigenvalue weighted by atomic mass is 9.92. The number of hydrogen-bond donors (Lipinski definition) is 1. The van der Waals surface area contributed by atoms with Crippen LogP contribution in [-0.2, 0) is 4.74 Å². The van der Waals surface area contributed by atoms with Crippen molar-refractivity contribution in [2.45, 2.75) is 27.2 Å². The number of carbonyl (C=O) groups excluding carboxylic acids is 1. The number of rotatable bonds is 3. The van der Waals surface area contributed by atoms with E-state index in [9.17, 15) is 9.59 Å². The van der Waals surface area contributed by atoms with Crippen LogP contribution in [0, 0.1) is 11.8 Å². The fraction of sp³-hybridized carbons (Fsp3) is 0.643. The molecule has 6 nitrogen and oxygen atoms in total. The molecule has 1 aliphatic rings. The van der Waals surface area contributed by atoms with Crippen molar-refractivity contribution < 1.29 is 9.53 Å². The predicted octanol–water partition coefficient (Wildman–Crippen LogP) is 1.43. The van der Waals surface area contributed by atoms with Gasteiger partial charge in [-0.1, -0.05) is 13.8 Å². The highest BCUT2D eigenvalue weighted by atomic mass is 16.5. The lowest BCUT2D eigenvalue weighted by molar-refractivity contribution is 0.0523. The minimum atomic E-state index is -0.631. The monoisotopic (exact) mass is 279 g/mol. The number of aromatic amines is 1. The summed E-state index contributed by atoms with van der Waals surface area (Å²) >= 11 is 0. The van der Waals surface area contributed by atoms with Crippen LogP contribution in [0.15, 0.2) is 11.0 Å². The van der Waals surface area contributed by atoms with Gasteiger partial charge in [-0.05, 0) is 25.2 Å². The van der Waals surface area contributed by atoms with E-state index in [-0.39, 0.29) is 12.2 Å². The summed E-state index contributed by atoms with van der Waals surface area (Å²) in [5.74, 6) is 1.03. The number of hydrogen-bond acceptors (Lipinski definition) is 5. The molecule has 20 heavy (non-hydrogen) atoms. The van der Waals surface area contributed by atoms with Gasteiger partial charge in [0, 0.05) is 13.1 Å². The number of nitrogens with zero attached hydrogens (tertiary/aromatic N) is 2. The molecule has 0 radical (unpaired) electrons. The van der Waals surface area contributed by atoms with Gasteiger partial charge in [0.15, 0.2) is 0 Å². The third-order valence-corrected chi connectivity index (χ3v) is 3.45. The summed E-state index contributed by atoms with van der Waals surface area (Å²) in [7, 11) is 0. The van der Waals surface area contributed by atoms with Crippen molar-refractivity contribution in [1.29, 1.82) is 0 Å². The number of nitrogens with one attached hydrogen (secondary N) is 1. The Morgan fingerprint density at radius 2 is 2.10 bits per heavy atom. The minimum absolute atomic E-state index is 0.0475. The normalized spacial score (nSPS) is 22.6. The number of anilines is 1. The third kappa shape index (κ3) is 3.18. The second-order valence-electron chi connectivity index (χ2n) is 5.52. The second-order valence-corrected chi connectivity index (χ2v) is 5.52. The summed E-state index contributed by atoms with van der Waals surface area (Å²) in [6, 6.07) is 0. The number of esters is 1. The highest BCUT2D eigenvalue weighted by Crippen LogP contribution is 2.23. The van der Waals surface area contributed by atoms with Gasteiger partial charge in [-0.3, -0.25) is 9.78 Å². The van der Waals surface area contributed by atoms with Gasteiger partial charge < -0.3 is 9.64 Å². The summed E-state index contributed by atoms with van der Waals surface area (Å²) in [6.07, 6.45) is 2.48. The predicted molar refractivity (Wildman–Crippen MR) is 76.0 cm³/mol. The molecule has 6 heteroatoms. The van der Waals surface area contributed by atoms with Crippen LogP contribution in [0.3, 0.4) is 0 Å². The molecule has 0 saturated carbocycles. The van der Waals surface area contributed by atoms with Gasteiger partial charge in [0.05, 0.1) is 12.8 Å². The van der Waals surface area contributed by atoms with Crippen LogP contribution in [0.25, 0.3) is 0 Å². The van der Waals surface area contributed by atoms with Crippen LogP contribution >= 0.6 is 0 Å². The zero-order valence-corrected chi connectivity index (χ0v) is 12.2. The Morgan fingerprint density at radius 3 is 2.65 bits per heavy atom. The maximum atomic E-state index is 11.9. The number of H-pyrrole nitrogens is 1. The van der Waals surface area contributed by atoms with Gasteiger partial charge in [0.1, 0.15) is 5.56 Å². The van der Waals surface area contributed by atoms with Crippen LogP contribution in [0.2, 0.25) is 0 Å². The second kappa shape index (κ2) is 6.07. The zero-order chi connectivity index (χ0) is 14.7. The molecule has 0 aromatic carbocycles. The molecule has 1 saturated heterocycles. The Balaban J connectivity index is 2.20. The average Bonchev–Trinajstić information content (AvgIpc) is 2.37. The first kappa shape index (κ1) is 14.6. The molecule has 110 valence electrons.